The van der Waals surface area contributed by atoms with Crippen molar-refractivity contribution in [1.29, 1.82) is 0 Å². The zero-order valence-electron chi connectivity index (χ0n) is 46.7. The van der Waals surface area contributed by atoms with Crippen molar-refractivity contribution < 1.29 is 24.5 Å². The van der Waals surface area contributed by atoms with E-state index in [0.717, 1.165) is 77.0 Å². The van der Waals surface area contributed by atoms with E-state index < -0.39 is 12.1 Å². The second-order valence-electron chi connectivity index (χ2n) is 21.0. The zero-order valence-corrected chi connectivity index (χ0v) is 46.7. The predicted molar refractivity (Wildman–Crippen MR) is 306 cm³/mol. The monoisotopic (exact) mass is 982 g/mol. The van der Waals surface area contributed by atoms with Crippen LogP contribution in [0, 0.1) is 0 Å². The summed E-state index contributed by atoms with van der Waals surface area (Å²) in [5, 5.41) is 23.2. The van der Waals surface area contributed by atoms with E-state index in [2.05, 4.69) is 55.6 Å². The van der Waals surface area contributed by atoms with Crippen molar-refractivity contribution in [2.45, 2.75) is 334 Å². The molecule has 6 heteroatoms. The molecule has 0 rings (SSSR count). The highest BCUT2D eigenvalue weighted by Crippen LogP contribution is 2.17. The first-order chi connectivity index (χ1) is 34.5. The summed E-state index contributed by atoms with van der Waals surface area (Å²) in [6, 6.07) is -0.642. The standard InChI is InChI=1S/C64H119NO5/c1-3-5-7-9-11-13-15-17-19-21-22-23-24-26-28-32-36-40-44-48-52-56-62(67)61(60-66)65-63(68)57-53-49-45-41-37-33-29-27-31-35-39-43-47-51-55-59-70-64(69)58-54-50-46-42-38-34-30-25-20-18-16-14-12-10-8-6-4-2/h12,14,18,20,31,35,52,56,61-62,66-67H,3-11,13,15-17,19,21-30,32-34,36-51,53-55,57-60H2,1-2H3,(H,65,68)/b14-12-,20-18-,35-31-,56-52+. The normalized spacial score (nSPS) is 12.9. The van der Waals surface area contributed by atoms with Crippen LogP contribution in [-0.2, 0) is 14.3 Å². The van der Waals surface area contributed by atoms with Gasteiger partial charge in [0.2, 0.25) is 5.91 Å². The number of carbonyl (C=O) groups is 2. The number of unbranched alkanes of at least 4 members (excludes halogenated alkanes) is 40. The number of hydrogen-bond acceptors (Lipinski definition) is 5. The Hall–Kier alpha value is -2.18. The van der Waals surface area contributed by atoms with E-state index in [0.29, 0.717) is 19.4 Å². The molecule has 410 valence electrons. The molecule has 0 spiro atoms. The van der Waals surface area contributed by atoms with E-state index in [1.165, 1.54) is 218 Å². The summed E-state index contributed by atoms with van der Waals surface area (Å²) in [6.07, 6.45) is 75.7. The molecule has 0 aliphatic rings. The minimum absolute atomic E-state index is 0.0190. The van der Waals surface area contributed by atoms with Crippen LogP contribution in [0.4, 0.5) is 0 Å². The van der Waals surface area contributed by atoms with Gasteiger partial charge < -0.3 is 20.3 Å². The van der Waals surface area contributed by atoms with Gasteiger partial charge in [0, 0.05) is 12.8 Å². The smallest absolute Gasteiger partial charge is 0.305 e. The predicted octanol–water partition coefficient (Wildman–Crippen LogP) is 19.4. The Morgan fingerprint density at radius 1 is 0.400 bits per heavy atom. The number of rotatable bonds is 57. The van der Waals surface area contributed by atoms with Crippen LogP contribution in [-0.4, -0.2) is 47.4 Å². The van der Waals surface area contributed by atoms with Crippen molar-refractivity contribution in [3.63, 3.8) is 0 Å². The van der Waals surface area contributed by atoms with Gasteiger partial charge in [0.1, 0.15) is 0 Å². The third-order valence-corrected chi connectivity index (χ3v) is 14.1. The van der Waals surface area contributed by atoms with Crippen LogP contribution in [0.15, 0.2) is 48.6 Å². The summed E-state index contributed by atoms with van der Waals surface area (Å²) < 4.78 is 5.47. The largest absolute Gasteiger partial charge is 0.466 e. The third-order valence-electron chi connectivity index (χ3n) is 14.1. The molecule has 2 unspecified atom stereocenters. The Labute approximate surface area is 436 Å². The number of allylic oxidation sites excluding steroid dienone is 7. The van der Waals surface area contributed by atoms with Crippen LogP contribution >= 0.6 is 0 Å². The van der Waals surface area contributed by atoms with Crippen LogP contribution in [0.1, 0.15) is 322 Å². The second-order valence-corrected chi connectivity index (χ2v) is 21.0. The Morgan fingerprint density at radius 3 is 1.13 bits per heavy atom. The van der Waals surface area contributed by atoms with Gasteiger partial charge in [-0.25, -0.2) is 0 Å². The van der Waals surface area contributed by atoms with Crippen molar-refractivity contribution in [3.8, 4) is 0 Å². The molecule has 6 nitrogen and oxygen atoms in total. The van der Waals surface area contributed by atoms with E-state index in [1.807, 2.05) is 6.08 Å². The van der Waals surface area contributed by atoms with Gasteiger partial charge in [-0.3, -0.25) is 9.59 Å². The minimum Gasteiger partial charge on any atom is -0.466 e. The first-order valence-corrected chi connectivity index (χ1v) is 30.9. The average Bonchev–Trinajstić information content (AvgIpc) is 3.36. The molecule has 1 amide bonds. The van der Waals surface area contributed by atoms with Crippen LogP contribution in [0.25, 0.3) is 0 Å². The minimum atomic E-state index is -0.857. The number of carbonyl (C=O) groups excluding carboxylic acids is 2. The van der Waals surface area contributed by atoms with E-state index in [1.54, 1.807) is 6.08 Å². The van der Waals surface area contributed by atoms with Crippen LogP contribution in [0.3, 0.4) is 0 Å². The van der Waals surface area contributed by atoms with Crippen LogP contribution in [0.5, 0.6) is 0 Å². The lowest BCUT2D eigenvalue weighted by Crippen LogP contribution is -2.45. The first kappa shape index (κ1) is 67.8. The number of nitrogens with one attached hydrogen (secondary N) is 1. The number of aliphatic hydroxyl groups excluding tert-OH is 2. The average molecular weight is 983 g/mol. The van der Waals surface area contributed by atoms with Crippen molar-refractivity contribution in [1.82, 2.24) is 5.32 Å². The van der Waals surface area contributed by atoms with Crippen LogP contribution in [0.2, 0.25) is 0 Å². The highest BCUT2D eigenvalue weighted by molar-refractivity contribution is 5.76. The summed E-state index contributed by atoms with van der Waals surface area (Å²) in [7, 11) is 0. The fourth-order valence-electron chi connectivity index (χ4n) is 9.31. The van der Waals surface area contributed by atoms with Crippen molar-refractivity contribution in [3.05, 3.63) is 48.6 Å². The lowest BCUT2D eigenvalue weighted by molar-refractivity contribution is -0.143. The maximum atomic E-state index is 12.5. The summed E-state index contributed by atoms with van der Waals surface area (Å²) in [5.74, 6) is -0.101. The molecule has 0 saturated heterocycles. The first-order valence-electron chi connectivity index (χ1n) is 30.9. The molecule has 0 saturated carbocycles. The maximum absolute atomic E-state index is 12.5. The lowest BCUT2D eigenvalue weighted by Gasteiger charge is -2.20. The molecule has 0 aromatic carbocycles. The van der Waals surface area contributed by atoms with E-state index in [-0.39, 0.29) is 18.5 Å². The van der Waals surface area contributed by atoms with E-state index in [4.69, 9.17) is 4.74 Å². The molecule has 3 N–H and O–H groups in total. The van der Waals surface area contributed by atoms with Crippen molar-refractivity contribution in [2.75, 3.05) is 13.2 Å². The Morgan fingerprint density at radius 2 is 0.714 bits per heavy atom. The van der Waals surface area contributed by atoms with E-state index in [9.17, 15) is 19.8 Å². The molecule has 2 atom stereocenters. The molecule has 0 fully saturated rings. The van der Waals surface area contributed by atoms with E-state index >= 15 is 0 Å². The fraction of sp³-hybridized carbons (Fsp3) is 0.844. The second kappa shape index (κ2) is 59.4. The Kier molecular flexibility index (Phi) is 57.5. The lowest BCUT2D eigenvalue weighted by atomic mass is 10.0. The molecule has 0 aromatic heterocycles. The molecular formula is C64H119NO5. The van der Waals surface area contributed by atoms with Gasteiger partial charge >= 0.3 is 5.97 Å². The van der Waals surface area contributed by atoms with Crippen LogP contribution < -0.4 is 5.32 Å². The maximum Gasteiger partial charge on any atom is 0.305 e. The highest BCUT2D eigenvalue weighted by Gasteiger charge is 2.18. The summed E-state index contributed by atoms with van der Waals surface area (Å²) >= 11 is 0. The Bertz CT molecular complexity index is 1180. The van der Waals surface area contributed by atoms with Crippen molar-refractivity contribution in [2.24, 2.45) is 0 Å². The molecule has 0 heterocycles. The molecular weight excluding hydrogens is 863 g/mol. The molecule has 0 aliphatic carbocycles. The fourth-order valence-corrected chi connectivity index (χ4v) is 9.31. The van der Waals surface area contributed by atoms with Gasteiger partial charge in [-0.15, -0.1) is 0 Å². The summed E-state index contributed by atoms with van der Waals surface area (Å²) in [6.45, 7) is 4.85. The number of aliphatic hydroxyl groups is 2. The molecule has 0 radical (unpaired) electrons. The summed E-state index contributed by atoms with van der Waals surface area (Å²) in [5.41, 5.74) is 0. The molecule has 70 heavy (non-hydrogen) atoms. The number of hydrogen-bond donors (Lipinski definition) is 3. The van der Waals surface area contributed by atoms with Gasteiger partial charge in [0.05, 0.1) is 25.4 Å². The molecule has 0 aromatic rings. The van der Waals surface area contributed by atoms with Gasteiger partial charge in [-0.2, -0.15) is 0 Å². The zero-order chi connectivity index (χ0) is 50.7. The topological polar surface area (TPSA) is 95.9 Å². The van der Waals surface area contributed by atoms with Gasteiger partial charge in [-0.05, 0) is 89.9 Å². The quantitative estimate of drug-likeness (QED) is 0.0321. The highest BCUT2D eigenvalue weighted by atomic mass is 16.5. The van der Waals surface area contributed by atoms with Gasteiger partial charge in [0.15, 0.2) is 0 Å². The summed E-state index contributed by atoms with van der Waals surface area (Å²) in [4.78, 5) is 24.6. The Balaban J connectivity index is 3.51. The van der Waals surface area contributed by atoms with Crippen molar-refractivity contribution >= 4 is 11.9 Å². The van der Waals surface area contributed by atoms with Gasteiger partial charge in [-0.1, -0.05) is 268 Å². The third kappa shape index (κ3) is 55.1. The number of ether oxygens (including phenoxy) is 1. The van der Waals surface area contributed by atoms with Gasteiger partial charge in [0.25, 0.3) is 0 Å². The molecule has 0 aliphatic heterocycles. The number of esters is 1. The number of amides is 1. The molecule has 0 bridgehead atoms. The SMILES string of the molecule is CCCCC/C=C\C/C=C\CCCCCCCCCC(=O)OCCCCCC/C=C\CCCCCCCCCC(=O)NC(CO)C(O)/C=C/CCCCCCCCCCCCCCCCCCCCC.